The van der Waals surface area contributed by atoms with E-state index in [0.717, 1.165) is 5.56 Å². The molecule has 0 fully saturated rings. The molecule has 2 aromatic rings. The SMILES string of the molecule is C=CCn1nc(Cc2ccc(Cl)cc2)c(C#N)c1N. The Bertz CT molecular complexity index is 635. The molecule has 0 aliphatic rings. The number of hydrogen-bond donors (Lipinski definition) is 1. The molecule has 0 aliphatic heterocycles. The van der Waals surface area contributed by atoms with Gasteiger partial charge in [0, 0.05) is 11.4 Å². The first-order valence-corrected chi connectivity index (χ1v) is 6.14. The highest BCUT2D eigenvalue weighted by molar-refractivity contribution is 6.30. The van der Waals surface area contributed by atoms with Crippen molar-refractivity contribution < 1.29 is 0 Å². The predicted octanol–water partition coefficient (Wildman–Crippen LogP) is 2.77. The number of nitrogens with two attached hydrogens (primary N) is 1. The van der Waals surface area contributed by atoms with E-state index < -0.39 is 0 Å². The number of anilines is 1. The zero-order chi connectivity index (χ0) is 13.8. The first-order chi connectivity index (χ1) is 9.15. The largest absolute Gasteiger partial charge is 0.383 e. The zero-order valence-electron chi connectivity index (χ0n) is 10.3. The summed E-state index contributed by atoms with van der Waals surface area (Å²) in [7, 11) is 0. The Balaban J connectivity index is 2.34. The maximum Gasteiger partial charge on any atom is 0.140 e. The van der Waals surface area contributed by atoms with Crippen molar-refractivity contribution in [3.8, 4) is 6.07 Å². The van der Waals surface area contributed by atoms with Gasteiger partial charge in [-0.25, -0.2) is 4.68 Å². The van der Waals surface area contributed by atoms with Gasteiger partial charge in [0.05, 0.1) is 12.2 Å². The van der Waals surface area contributed by atoms with Crippen LogP contribution in [-0.2, 0) is 13.0 Å². The third-order valence-corrected chi connectivity index (χ3v) is 3.01. The second-order valence-corrected chi connectivity index (χ2v) is 4.53. The lowest BCUT2D eigenvalue weighted by molar-refractivity contribution is 0.699. The van der Waals surface area contributed by atoms with Crippen molar-refractivity contribution >= 4 is 17.4 Å². The minimum absolute atomic E-state index is 0.381. The Morgan fingerprint density at radius 3 is 2.68 bits per heavy atom. The van der Waals surface area contributed by atoms with Gasteiger partial charge >= 0.3 is 0 Å². The Labute approximate surface area is 116 Å². The van der Waals surface area contributed by atoms with Crippen LogP contribution in [0.4, 0.5) is 5.82 Å². The topological polar surface area (TPSA) is 67.6 Å². The summed E-state index contributed by atoms with van der Waals surface area (Å²) in [5, 5.41) is 14.2. The molecule has 0 spiro atoms. The van der Waals surface area contributed by atoms with Crippen LogP contribution in [0.25, 0.3) is 0 Å². The van der Waals surface area contributed by atoms with E-state index in [1.54, 1.807) is 10.8 Å². The first-order valence-electron chi connectivity index (χ1n) is 5.76. The second kappa shape index (κ2) is 5.59. The summed E-state index contributed by atoms with van der Waals surface area (Å²) >= 11 is 5.84. The molecule has 96 valence electrons. The van der Waals surface area contributed by atoms with E-state index in [4.69, 9.17) is 17.3 Å². The van der Waals surface area contributed by atoms with Crippen LogP contribution in [0.2, 0.25) is 5.02 Å². The van der Waals surface area contributed by atoms with Gasteiger partial charge in [-0.05, 0) is 17.7 Å². The van der Waals surface area contributed by atoms with E-state index in [9.17, 15) is 5.26 Å². The molecule has 2 N–H and O–H groups in total. The average molecular weight is 273 g/mol. The van der Waals surface area contributed by atoms with Crippen molar-refractivity contribution in [3.05, 3.63) is 58.8 Å². The molecule has 1 heterocycles. The number of hydrogen-bond acceptors (Lipinski definition) is 3. The van der Waals surface area contributed by atoms with Crippen LogP contribution in [0.3, 0.4) is 0 Å². The number of allylic oxidation sites excluding steroid dienone is 1. The summed E-state index contributed by atoms with van der Waals surface area (Å²) in [6, 6.07) is 9.55. The van der Waals surface area contributed by atoms with Crippen LogP contribution in [0.15, 0.2) is 36.9 Å². The zero-order valence-corrected chi connectivity index (χ0v) is 11.1. The smallest absolute Gasteiger partial charge is 0.140 e. The number of nitrogen functional groups attached to an aromatic ring is 1. The van der Waals surface area contributed by atoms with Gasteiger partial charge < -0.3 is 5.73 Å². The summed E-state index contributed by atoms with van der Waals surface area (Å²) in [6.45, 7) is 4.13. The Kier molecular flexibility index (Phi) is 3.88. The van der Waals surface area contributed by atoms with E-state index in [-0.39, 0.29) is 0 Å². The van der Waals surface area contributed by atoms with Crippen LogP contribution in [0, 0.1) is 11.3 Å². The Morgan fingerprint density at radius 1 is 1.42 bits per heavy atom. The standard InChI is InChI=1S/C14H13ClN4/c1-2-7-19-14(17)12(9-16)13(18-19)8-10-3-5-11(15)6-4-10/h2-6H,1,7-8,17H2. The van der Waals surface area contributed by atoms with Crippen molar-refractivity contribution in [3.63, 3.8) is 0 Å². The van der Waals surface area contributed by atoms with E-state index in [1.807, 2.05) is 24.3 Å². The lowest BCUT2D eigenvalue weighted by Crippen LogP contribution is -2.03. The van der Waals surface area contributed by atoms with E-state index in [0.29, 0.717) is 35.1 Å². The minimum Gasteiger partial charge on any atom is -0.383 e. The van der Waals surface area contributed by atoms with Crippen molar-refractivity contribution in [1.29, 1.82) is 5.26 Å². The number of aromatic nitrogens is 2. The molecular formula is C14H13ClN4. The number of benzene rings is 1. The number of nitrogens with zero attached hydrogens (tertiary/aromatic N) is 3. The minimum atomic E-state index is 0.381. The molecule has 2 rings (SSSR count). The molecule has 0 saturated heterocycles. The van der Waals surface area contributed by atoms with Gasteiger partial charge in [-0.1, -0.05) is 29.8 Å². The van der Waals surface area contributed by atoms with Crippen LogP contribution < -0.4 is 5.73 Å². The van der Waals surface area contributed by atoms with E-state index >= 15 is 0 Å². The molecule has 4 nitrogen and oxygen atoms in total. The lowest BCUT2D eigenvalue weighted by atomic mass is 10.1. The van der Waals surface area contributed by atoms with Crippen LogP contribution in [0.5, 0.6) is 0 Å². The van der Waals surface area contributed by atoms with E-state index in [2.05, 4.69) is 17.7 Å². The van der Waals surface area contributed by atoms with Crippen molar-refractivity contribution in [2.75, 3.05) is 5.73 Å². The summed E-state index contributed by atoms with van der Waals surface area (Å²) in [5.74, 6) is 0.381. The third-order valence-electron chi connectivity index (χ3n) is 2.76. The molecule has 0 amide bonds. The molecule has 1 aromatic heterocycles. The normalized spacial score (nSPS) is 10.1. The summed E-state index contributed by atoms with van der Waals surface area (Å²) in [5.41, 5.74) is 8.02. The first kappa shape index (κ1) is 13.2. The fourth-order valence-corrected chi connectivity index (χ4v) is 1.96. The molecule has 0 unspecified atom stereocenters. The maximum atomic E-state index is 9.17. The lowest BCUT2D eigenvalue weighted by Gasteiger charge is -1.99. The highest BCUT2D eigenvalue weighted by atomic mass is 35.5. The highest BCUT2D eigenvalue weighted by Crippen LogP contribution is 2.20. The van der Waals surface area contributed by atoms with Gasteiger partial charge in [0.2, 0.25) is 0 Å². The average Bonchev–Trinajstić information content (AvgIpc) is 2.69. The van der Waals surface area contributed by atoms with Gasteiger partial charge in [0.15, 0.2) is 0 Å². The van der Waals surface area contributed by atoms with Crippen molar-refractivity contribution in [2.24, 2.45) is 0 Å². The van der Waals surface area contributed by atoms with Gasteiger partial charge in [0.1, 0.15) is 17.5 Å². The third kappa shape index (κ3) is 2.78. The molecule has 5 heteroatoms. The highest BCUT2D eigenvalue weighted by Gasteiger charge is 2.14. The predicted molar refractivity (Wildman–Crippen MR) is 75.8 cm³/mol. The van der Waals surface area contributed by atoms with Crippen molar-refractivity contribution in [1.82, 2.24) is 9.78 Å². The fraction of sp³-hybridized carbons (Fsp3) is 0.143. The molecule has 19 heavy (non-hydrogen) atoms. The molecule has 0 bridgehead atoms. The van der Waals surface area contributed by atoms with Gasteiger partial charge in [-0.15, -0.1) is 6.58 Å². The van der Waals surface area contributed by atoms with Crippen LogP contribution in [-0.4, -0.2) is 9.78 Å². The monoisotopic (exact) mass is 272 g/mol. The summed E-state index contributed by atoms with van der Waals surface area (Å²) < 4.78 is 1.58. The summed E-state index contributed by atoms with van der Waals surface area (Å²) in [6.07, 6.45) is 2.24. The van der Waals surface area contributed by atoms with Crippen LogP contribution >= 0.6 is 11.6 Å². The van der Waals surface area contributed by atoms with Crippen molar-refractivity contribution in [2.45, 2.75) is 13.0 Å². The molecular weight excluding hydrogens is 260 g/mol. The second-order valence-electron chi connectivity index (χ2n) is 4.09. The molecule has 0 atom stereocenters. The van der Waals surface area contributed by atoms with Gasteiger partial charge in [0.25, 0.3) is 0 Å². The van der Waals surface area contributed by atoms with Crippen LogP contribution in [0.1, 0.15) is 16.8 Å². The maximum absolute atomic E-state index is 9.17. The molecule has 0 saturated carbocycles. The Morgan fingerprint density at radius 2 is 2.11 bits per heavy atom. The van der Waals surface area contributed by atoms with Gasteiger partial charge in [-0.2, -0.15) is 10.4 Å². The van der Waals surface area contributed by atoms with E-state index in [1.165, 1.54) is 0 Å². The quantitative estimate of drug-likeness (QED) is 0.870. The fourth-order valence-electron chi connectivity index (χ4n) is 1.83. The molecule has 0 aliphatic carbocycles. The molecule has 1 aromatic carbocycles. The Hall–Kier alpha value is -2.25. The summed E-state index contributed by atoms with van der Waals surface area (Å²) in [4.78, 5) is 0. The number of rotatable bonds is 4. The number of nitriles is 1. The van der Waals surface area contributed by atoms with Gasteiger partial charge in [-0.3, -0.25) is 0 Å². The number of halogens is 1. The molecule has 0 radical (unpaired) electrons.